The van der Waals surface area contributed by atoms with Gasteiger partial charge in [-0.1, -0.05) is 23.7 Å². The lowest BCUT2D eigenvalue weighted by Gasteiger charge is -2.15. The predicted octanol–water partition coefficient (Wildman–Crippen LogP) is 3.06. The molecular formula is C19H20ClN5O2. The molecule has 8 heteroatoms. The molecule has 0 bridgehead atoms. The van der Waals surface area contributed by atoms with Crippen molar-refractivity contribution in [2.75, 3.05) is 13.7 Å². The molecule has 0 aliphatic rings. The number of ether oxygens (including phenoxy) is 1. The van der Waals surface area contributed by atoms with E-state index in [-0.39, 0.29) is 11.9 Å². The molecule has 3 aromatic rings. The summed E-state index contributed by atoms with van der Waals surface area (Å²) in [5.74, 6) is -0.209. The van der Waals surface area contributed by atoms with Crippen LogP contribution in [0.1, 0.15) is 22.8 Å². The van der Waals surface area contributed by atoms with Crippen molar-refractivity contribution in [2.45, 2.75) is 19.9 Å². The topological polar surface area (TPSA) is 81.9 Å². The van der Waals surface area contributed by atoms with Gasteiger partial charge in [0.1, 0.15) is 6.33 Å². The van der Waals surface area contributed by atoms with Crippen LogP contribution >= 0.6 is 11.6 Å². The van der Waals surface area contributed by atoms with Crippen LogP contribution in [0.25, 0.3) is 16.8 Å². The molecule has 0 saturated heterocycles. The SMILES string of the molecule is COCC(C)NC(=O)c1cc(-c2ccc(C)cc2Cl)cc(-n2cnnn2)c1. The lowest BCUT2D eigenvalue weighted by molar-refractivity contribution is 0.0905. The molecule has 0 fully saturated rings. The molecule has 3 rings (SSSR count). The molecule has 1 atom stereocenters. The molecule has 1 unspecified atom stereocenters. The Balaban J connectivity index is 2.05. The number of carbonyl (C=O) groups excluding carboxylic acids is 1. The highest BCUT2D eigenvalue weighted by Gasteiger charge is 2.15. The van der Waals surface area contributed by atoms with Gasteiger partial charge < -0.3 is 10.1 Å². The van der Waals surface area contributed by atoms with E-state index in [0.29, 0.717) is 22.9 Å². The van der Waals surface area contributed by atoms with Gasteiger partial charge in [-0.2, -0.15) is 0 Å². The van der Waals surface area contributed by atoms with Crippen LogP contribution in [0.15, 0.2) is 42.7 Å². The molecule has 1 N–H and O–H groups in total. The Morgan fingerprint density at radius 1 is 1.30 bits per heavy atom. The van der Waals surface area contributed by atoms with Gasteiger partial charge in [0.25, 0.3) is 5.91 Å². The van der Waals surface area contributed by atoms with Crippen LogP contribution in [0.2, 0.25) is 5.02 Å². The van der Waals surface area contributed by atoms with E-state index in [0.717, 1.165) is 16.7 Å². The molecule has 0 aliphatic heterocycles. The predicted molar refractivity (Wildman–Crippen MR) is 103 cm³/mol. The van der Waals surface area contributed by atoms with Crippen LogP contribution in [0.5, 0.6) is 0 Å². The monoisotopic (exact) mass is 385 g/mol. The third-order valence-corrected chi connectivity index (χ3v) is 4.34. The zero-order chi connectivity index (χ0) is 19.4. The number of methoxy groups -OCH3 is 1. The largest absolute Gasteiger partial charge is 0.383 e. The summed E-state index contributed by atoms with van der Waals surface area (Å²) in [6, 6.07) is 11.1. The summed E-state index contributed by atoms with van der Waals surface area (Å²) >= 11 is 6.43. The first-order valence-corrected chi connectivity index (χ1v) is 8.80. The Hall–Kier alpha value is -2.77. The maximum atomic E-state index is 12.7. The van der Waals surface area contributed by atoms with Crippen LogP contribution in [0, 0.1) is 6.92 Å². The summed E-state index contributed by atoms with van der Waals surface area (Å²) in [6.07, 6.45) is 1.48. The van der Waals surface area contributed by atoms with E-state index in [1.165, 1.54) is 11.0 Å². The van der Waals surface area contributed by atoms with E-state index >= 15 is 0 Å². The minimum absolute atomic E-state index is 0.120. The number of benzene rings is 2. The summed E-state index contributed by atoms with van der Waals surface area (Å²) in [7, 11) is 1.60. The zero-order valence-corrected chi connectivity index (χ0v) is 16.1. The average molecular weight is 386 g/mol. The second-order valence-electron chi connectivity index (χ2n) is 6.34. The number of rotatable bonds is 6. The van der Waals surface area contributed by atoms with Gasteiger partial charge in [-0.3, -0.25) is 4.79 Å². The van der Waals surface area contributed by atoms with E-state index < -0.39 is 0 Å². The molecule has 1 amide bonds. The molecule has 0 aliphatic carbocycles. The van der Waals surface area contributed by atoms with Gasteiger partial charge in [-0.05, 0) is 59.7 Å². The van der Waals surface area contributed by atoms with Crippen molar-refractivity contribution in [3.05, 3.63) is 58.9 Å². The molecule has 140 valence electrons. The number of carbonyl (C=O) groups is 1. The maximum absolute atomic E-state index is 12.7. The fraction of sp³-hybridized carbons (Fsp3) is 0.263. The van der Waals surface area contributed by atoms with Gasteiger partial charge in [0.05, 0.1) is 12.3 Å². The van der Waals surface area contributed by atoms with Gasteiger partial charge in [-0.15, -0.1) is 5.10 Å². The third kappa shape index (κ3) is 4.50. The van der Waals surface area contributed by atoms with Crippen LogP contribution in [-0.4, -0.2) is 45.9 Å². The van der Waals surface area contributed by atoms with Crippen molar-refractivity contribution in [1.29, 1.82) is 0 Å². The minimum atomic E-state index is -0.209. The van der Waals surface area contributed by atoms with Crippen LogP contribution < -0.4 is 5.32 Å². The van der Waals surface area contributed by atoms with Crippen molar-refractivity contribution < 1.29 is 9.53 Å². The van der Waals surface area contributed by atoms with E-state index in [9.17, 15) is 4.79 Å². The molecule has 0 spiro atoms. The Kier molecular flexibility index (Phi) is 5.83. The maximum Gasteiger partial charge on any atom is 0.251 e. The van der Waals surface area contributed by atoms with Crippen molar-refractivity contribution in [3.63, 3.8) is 0 Å². The number of hydrogen-bond acceptors (Lipinski definition) is 5. The molecule has 0 saturated carbocycles. The first-order chi connectivity index (χ1) is 13.0. The number of nitrogens with zero attached hydrogens (tertiary/aromatic N) is 4. The second kappa shape index (κ2) is 8.28. The summed E-state index contributed by atoms with van der Waals surface area (Å²) in [6.45, 7) is 4.28. The van der Waals surface area contributed by atoms with E-state index in [1.54, 1.807) is 19.2 Å². The first-order valence-electron chi connectivity index (χ1n) is 8.42. The second-order valence-corrected chi connectivity index (χ2v) is 6.74. The smallest absolute Gasteiger partial charge is 0.251 e. The minimum Gasteiger partial charge on any atom is -0.383 e. The summed E-state index contributed by atoms with van der Waals surface area (Å²) in [4.78, 5) is 12.7. The lowest BCUT2D eigenvalue weighted by atomic mass is 10.0. The van der Waals surface area contributed by atoms with Crippen LogP contribution in [0.3, 0.4) is 0 Å². The van der Waals surface area contributed by atoms with Crippen LogP contribution in [0.4, 0.5) is 0 Å². The number of aryl methyl sites for hydroxylation is 1. The highest BCUT2D eigenvalue weighted by Crippen LogP contribution is 2.31. The van der Waals surface area contributed by atoms with Crippen LogP contribution in [-0.2, 0) is 4.74 Å². The molecule has 0 radical (unpaired) electrons. The highest BCUT2D eigenvalue weighted by molar-refractivity contribution is 6.33. The Labute approximate surface area is 162 Å². The molecular weight excluding hydrogens is 366 g/mol. The normalized spacial score (nSPS) is 12.0. The summed E-state index contributed by atoms with van der Waals surface area (Å²) in [5.41, 5.74) is 3.84. The molecule has 27 heavy (non-hydrogen) atoms. The van der Waals surface area contributed by atoms with Gasteiger partial charge in [0.2, 0.25) is 0 Å². The fourth-order valence-electron chi connectivity index (χ4n) is 2.76. The molecule has 1 heterocycles. The number of amides is 1. The van der Waals surface area contributed by atoms with E-state index in [4.69, 9.17) is 16.3 Å². The van der Waals surface area contributed by atoms with Crippen molar-refractivity contribution >= 4 is 17.5 Å². The van der Waals surface area contributed by atoms with Gasteiger partial charge in [-0.25, -0.2) is 4.68 Å². The fourth-order valence-corrected chi connectivity index (χ4v) is 3.11. The molecule has 2 aromatic carbocycles. The average Bonchev–Trinajstić information content (AvgIpc) is 3.16. The summed E-state index contributed by atoms with van der Waals surface area (Å²) in [5, 5.41) is 14.8. The quantitative estimate of drug-likeness (QED) is 0.705. The standard InChI is InChI=1S/C19H20ClN5O2/c1-12-4-5-17(18(20)6-12)14-7-15(19(26)22-13(2)10-27-3)9-16(8-14)25-11-21-23-24-25/h4-9,11,13H,10H2,1-3H3,(H,22,26). The Bertz CT molecular complexity index is 943. The van der Waals surface area contributed by atoms with E-state index in [1.807, 2.05) is 38.1 Å². The molecule has 7 nitrogen and oxygen atoms in total. The Morgan fingerprint density at radius 3 is 2.78 bits per heavy atom. The molecule has 1 aromatic heterocycles. The number of aromatic nitrogens is 4. The lowest BCUT2D eigenvalue weighted by Crippen LogP contribution is -2.35. The number of nitrogens with one attached hydrogen (secondary N) is 1. The highest BCUT2D eigenvalue weighted by atomic mass is 35.5. The number of hydrogen-bond donors (Lipinski definition) is 1. The number of tetrazole rings is 1. The van der Waals surface area contributed by atoms with Crippen molar-refractivity contribution in [1.82, 2.24) is 25.5 Å². The van der Waals surface area contributed by atoms with Gasteiger partial charge >= 0.3 is 0 Å². The van der Waals surface area contributed by atoms with Crippen molar-refractivity contribution in [2.24, 2.45) is 0 Å². The number of halogens is 1. The first kappa shape index (κ1) is 19.0. The van der Waals surface area contributed by atoms with Gasteiger partial charge in [0.15, 0.2) is 0 Å². The van der Waals surface area contributed by atoms with Gasteiger partial charge in [0, 0.05) is 29.3 Å². The third-order valence-electron chi connectivity index (χ3n) is 4.02. The van der Waals surface area contributed by atoms with E-state index in [2.05, 4.69) is 20.8 Å². The zero-order valence-electron chi connectivity index (χ0n) is 15.3. The Morgan fingerprint density at radius 2 is 2.11 bits per heavy atom. The summed E-state index contributed by atoms with van der Waals surface area (Å²) < 4.78 is 6.58. The van der Waals surface area contributed by atoms with Crippen molar-refractivity contribution in [3.8, 4) is 16.8 Å².